The van der Waals surface area contributed by atoms with E-state index >= 15 is 0 Å². The molecule has 2 heterocycles. The van der Waals surface area contributed by atoms with E-state index in [-0.39, 0.29) is 23.9 Å². The fourth-order valence-electron chi connectivity index (χ4n) is 3.54. The van der Waals surface area contributed by atoms with Gasteiger partial charge in [0.25, 0.3) is 0 Å². The summed E-state index contributed by atoms with van der Waals surface area (Å²) in [5.41, 5.74) is 1.06. The molecule has 1 saturated heterocycles. The highest BCUT2D eigenvalue weighted by Crippen LogP contribution is 2.40. The normalized spacial score (nSPS) is 22.8. The number of carbonyl (C=O) groups is 1. The van der Waals surface area contributed by atoms with Crippen LogP contribution in [0.3, 0.4) is 0 Å². The molecule has 2 unspecified atom stereocenters. The third-order valence-electron chi connectivity index (χ3n) is 4.44. The van der Waals surface area contributed by atoms with E-state index in [9.17, 15) is 18.0 Å². The van der Waals surface area contributed by atoms with Crippen molar-refractivity contribution in [2.24, 2.45) is 0 Å². The summed E-state index contributed by atoms with van der Waals surface area (Å²) in [6.07, 6.45) is -0.832. The van der Waals surface area contributed by atoms with Crippen LogP contribution < -0.4 is 4.74 Å². The van der Waals surface area contributed by atoms with Crippen LogP contribution in [0.1, 0.15) is 45.6 Å². The number of ether oxygens (including phenoxy) is 2. The van der Waals surface area contributed by atoms with Crippen LogP contribution in [0.25, 0.3) is 5.57 Å². The number of halogens is 3. The lowest BCUT2D eigenvalue weighted by Crippen LogP contribution is -2.45. The summed E-state index contributed by atoms with van der Waals surface area (Å²) in [6.45, 7) is 5.47. The minimum Gasteiger partial charge on any atom is -0.444 e. The average Bonchev–Trinajstić information content (AvgIpc) is 2.75. The third kappa shape index (κ3) is 4.31. The molecule has 0 spiro atoms. The average molecular weight is 369 g/mol. The van der Waals surface area contributed by atoms with Crippen molar-refractivity contribution < 1.29 is 27.4 Å². The van der Waals surface area contributed by atoms with Crippen molar-refractivity contribution in [1.82, 2.24) is 4.90 Å². The molecular formula is C19H22F3NO3. The van der Waals surface area contributed by atoms with Gasteiger partial charge in [0.05, 0.1) is 6.04 Å². The van der Waals surface area contributed by atoms with Gasteiger partial charge in [-0.05, 0) is 63.3 Å². The fraction of sp³-hybridized carbons (Fsp3) is 0.526. The number of carbonyl (C=O) groups excluding carboxylic acids is 1. The van der Waals surface area contributed by atoms with E-state index in [1.165, 1.54) is 12.1 Å². The second-order valence-electron chi connectivity index (χ2n) is 7.66. The van der Waals surface area contributed by atoms with Crippen LogP contribution in [0.4, 0.5) is 18.0 Å². The predicted molar refractivity (Wildman–Crippen MR) is 90.6 cm³/mol. The van der Waals surface area contributed by atoms with Crippen LogP contribution in [-0.4, -0.2) is 35.0 Å². The summed E-state index contributed by atoms with van der Waals surface area (Å²) in [6, 6.07) is 5.88. The van der Waals surface area contributed by atoms with Gasteiger partial charge in [-0.3, -0.25) is 4.90 Å². The van der Waals surface area contributed by atoms with Gasteiger partial charge in [0.15, 0.2) is 0 Å². The fourth-order valence-corrected chi connectivity index (χ4v) is 3.54. The minimum absolute atomic E-state index is 0.00189. The second-order valence-corrected chi connectivity index (χ2v) is 7.66. The molecule has 2 atom stereocenters. The molecule has 1 fully saturated rings. The largest absolute Gasteiger partial charge is 0.573 e. The summed E-state index contributed by atoms with van der Waals surface area (Å²) in [7, 11) is 0. The predicted octanol–water partition coefficient (Wildman–Crippen LogP) is 5.14. The number of rotatable bonds is 2. The Morgan fingerprint density at radius 2 is 1.92 bits per heavy atom. The SMILES string of the molecule is CC(C)(C)OC(=O)N1C2C=C(c3cccc(OC(F)(F)F)c3)CC1CC2. The Morgan fingerprint density at radius 3 is 2.54 bits per heavy atom. The first kappa shape index (κ1) is 18.6. The molecule has 1 aromatic rings. The van der Waals surface area contributed by atoms with E-state index in [2.05, 4.69) is 4.74 Å². The molecule has 3 rings (SSSR count). The maximum atomic E-state index is 12.5. The first-order valence-corrected chi connectivity index (χ1v) is 8.60. The number of nitrogens with zero attached hydrogens (tertiary/aromatic N) is 1. The quantitative estimate of drug-likeness (QED) is 0.724. The summed E-state index contributed by atoms with van der Waals surface area (Å²) in [5, 5.41) is 0. The number of benzene rings is 1. The van der Waals surface area contributed by atoms with Crippen LogP contribution >= 0.6 is 0 Å². The van der Waals surface area contributed by atoms with Gasteiger partial charge in [0, 0.05) is 6.04 Å². The Morgan fingerprint density at radius 1 is 1.19 bits per heavy atom. The molecular weight excluding hydrogens is 347 g/mol. The van der Waals surface area contributed by atoms with Gasteiger partial charge in [0.2, 0.25) is 0 Å². The minimum atomic E-state index is -4.72. The van der Waals surface area contributed by atoms with Gasteiger partial charge in [-0.15, -0.1) is 13.2 Å². The number of hydrogen-bond acceptors (Lipinski definition) is 3. The maximum Gasteiger partial charge on any atom is 0.573 e. The Bertz CT molecular complexity index is 721. The first-order valence-electron chi connectivity index (χ1n) is 8.60. The molecule has 1 aromatic carbocycles. The van der Waals surface area contributed by atoms with Crippen LogP contribution in [0.2, 0.25) is 0 Å². The van der Waals surface area contributed by atoms with Gasteiger partial charge < -0.3 is 9.47 Å². The van der Waals surface area contributed by atoms with Gasteiger partial charge in [0.1, 0.15) is 11.4 Å². The summed E-state index contributed by atoms with van der Waals surface area (Å²) >= 11 is 0. The molecule has 0 N–H and O–H groups in total. The van der Waals surface area contributed by atoms with Gasteiger partial charge >= 0.3 is 12.5 Å². The monoisotopic (exact) mass is 369 g/mol. The highest BCUT2D eigenvalue weighted by atomic mass is 19.4. The Hall–Kier alpha value is -2.18. The van der Waals surface area contributed by atoms with Crippen molar-refractivity contribution in [3.05, 3.63) is 35.9 Å². The molecule has 26 heavy (non-hydrogen) atoms. The van der Waals surface area contributed by atoms with E-state index in [4.69, 9.17) is 4.74 Å². The van der Waals surface area contributed by atoms with Gasteiger partial charge in [-0.2, -0.15) is 0 Å². The maximum absolute atomic E-state index is 12.5. The highest BCUT2D eigenvalue weighted by Gasteiger charge is 2.41. The van der Waals surface area contributed by atoms with Crippen molar-refractivity contribution in [2.45, 2.75) is 64.1 Å². The Balaban J connectivity index is 1.79. The topological polar surface area (TPSA) is 38.8 Å². The van der Waals surface area contributed by atoms with E-state index in [0.29, 0.717) is 12.0 Å². The zero-order chi connectivity index (χ0) is 19.1. The molecule has 2 aliphatic rings. The van der Waals surface area contributed by atoms with Crippen LogP contribution in [-0.2, 0) is 4.74 Å². The molecule has 2 bridgehead atoms. The van der Waals surface area contributed by atoms with E-state index in [1.54, 1.807) is 17.0 Å². The number of hydrogen-bond donors (Lipinski definition) is 0. The van der Waals surface area contributed by atoms with Crippen molar-refractivity contribution in [3.8, 4) is 5.75 Å². The lowest BCUT2D eigenvalue weighted by Gasteiger charge is -2.35. The number of fused-ring (bicyclic) bond motifs is 2. The first-order chi connectivity index (χ1) is 12.0. The molecule has 1 amide bonds. The molecule has 7 heteroatoms. The second kappa shape index (κ2) is 6.52. The third-order valence-corrected chi connectivity index (χ3v) is 4.44. The summed E-state index contributed by atoms with van der Waals surface area (Å²) in [5.74, 6) is -0.238. The lowest BCUT2D eigenvalue weighted by molar-refractivity contribution is -0.274. The van der Waals surface area contributed by atoms with Crippen LogP contribution in [0, 0.1) is 0 Å². The van der Waals surface area contributed by atoms with Gasteiger partial charge in [-0.1, -0.05) is 18.2 Å². The van der Waals surface area contributed by atoms with Crippen molar-refractivity contribution in [2.75, 3.05) is 0 Å². The van der Waals surface area contributed by atoms with Crippen molar-refractivity contribution in [3.63, 3.8) is 0 Å². The summed E-state index contributed by atoms with van der Waals surface area (Å²) in [4.78, 5) is 14.2. The number of alkyl halides is 3. The number of amides is 1. The smallest absolute Gasteiger partial charge is 0.444 e. The molecule has 0 saturated carbocycles. The molecule has 2 aliphatic heterocycles. The summed E-state index contributed by atoms with van der Waals surface area (Å²) < 4.78 is 46.8. The van der Waals surface area contributed by atoms with Gasteiger partial charge in [-0.25, -0.2) is 4.79 Å². The Labute approximate surface area is 150 Å². The zero-order valence-corrected chi connectivity index (χ0v) is 15.0. The van der Waals surface area contributed by atoms with E-state index < -0.39 is 12.0 Å². The zero-order valence-electron chi connectivity index (χ0n) is 15.0. The van der Waals surface area contributed by atoms with E-state index in [0.717, 1.165) is 18.4 Å². The lowest BCUT2D eigenvalue weighted by atomic mass is 9.95. The molecule has 0 aliphatic carbocycles. The molecule has 4 nitrogen and oxygen atoms in total. The van der Waals surface area contributed by atoms with Crippen LogP contribution in [0.15, 0.2) is 30.3 Å². The van der Waals surface area contributed by atoms with Crippen LogP contribution in [0.5, 0.6) is 5.75 Å². The standard InChI is InChI=1S/C19H22F3NO3/c1-18(2,3)26-17(24)23-14-7-8-15(23)10-13(9-14)12-5-4-6-16(11-12)25-19(20,21)22/h4-6,9,11,14-15H,7-8,10H2,1-3H3. The van der Waals surface area contributed by atoms with Crippen molar-refractivity contribution in [1.29, 1.82) is 0 Å². The Kier molecular flexibility index (Phi) is 4.67. The highest BCUT2D eigenvalue weighted by molar-refractivity contribution is 5.75. The van der Waals surface area contributed by atoms with Crippen molar-refractivity contribution >= 4 is 11.7 Å². The molecule has 0 aromatic heterocycles. The molecule has 0 radical (unpaired) electrons. The van der Waals surface area contributed by atoms with E-state index in [1.807, 2.05) is 26.8 Å². The molecule has 142 valence electrons.